The topological polar surface area (TPSA) is 32.3 Å². The molecule has 1 N–H and O–H groups in total. The summed E-state index contributed by atoms with van der Waals surface area (Å²) in [5.74, 6) is 0.298. The van der Waals surface area contributed by atoms with Crippen LogP contribution in [0.25, 0.3) is 0 Å². The zero-order valence-corrected chi connectivity index (χ0v) is 11.8. The van der Waals surface area contributed by atoms with E-state index in [0.29, 0.717) is 11.5 Å². The smallest absolute Gasteiger partial charge is 0.222 e. The molecule has 3 heteroatoms. The van der Waals surface area contributed by atoms with Gasteiger partial charge in [0.05, 0.1) is 0 Å². The van der Waals surface area contributed by atoms with Crippen molar-refractivity contribution in [2.75, 3.05) is 13.1 Å². The van der Waals surface area contributed by atoms with Gasteiger partial charge in [-0.1, -0.05) is 13.8 Å². The van der Waals surface area contributed by atoms with Crippen molar-refractivity contribution in [1.29, 1.82) is 0 Å². The summed E-state index contributed by atoms with van der Waals surface area (Å²) in [6.45, 7) is 12.9. The molecule has 1 aliphatic heterocycles. The molecule has 1 aliphatic carbocycles. The summed E-state index contributed by atoms with van der Waals surface area (Å²) in [6.07, 6.45) is 2.56. The number of nitrogens with zero attached hydrogens (tertiary/aromatic N) is 1. The summed E-state index contributed by atoms with van der Waals surface area (Å²) < 4.78 is 0. The van der Waals surface area contributed by atoms with Crippen LogP contribution in [0.3, 0.4) is 0 Å². The minimum absolute atomic E-state index is 0.0921. The average Bonchev–Trinajstić information content (AvgIpc) is 2.84. The van der Waals surface area contributed by atoms with Crippen molar-refractivity contribution in [2.45, 2.75) is 59.0 Å². The average molecular weight is 238 g/mol. The Labute approximate surface area is 105 Å². The second-order valence-corrected chi connectivity index (χ2v) is 7.13. The van der Waals surface area contributed by atoms with Gasteiger partial charge in [0.15, 0.2) is 0 Å². The lowest BCUT2D eigenvalue weighted by Gasteiger charge is -2.31. The van der Waals surface area contributed by atoms with Crippen LogP contribution in [0, 0.1) is 11.3 Å². The Kier molecular flexibility index (Phi) is 3.01. The largest absolute Gasteiger partial charge is 0.351 e. The van der Waals surface area contributed by atoms with Crippen LogP contribution in [-0.4, -0.2) is 35.5 Å². The molecule has 2 aliphatic rings. The lowest BCUT2D eigenvalue weighted by atomic mass is 10.00. The minimum atomic E-state index is 0.0921. The van der Waals surface area contributed by atoms with E-state index >= 15 is 0 Å². The fraction of sp³-hybridized carbons (Fsp3) is 0.929. The molecule has 0 aromatic carbocycles. The molecule has 1 amide bonds. The zero-order valence-electron chi connectivity index (χ0n) is 11.8. The van der Waals surface area contributed by atoms with Crippen molar-refractivity contribution in [3.05, 3.63) is 0 Å². The van der Waals surface area contributed by atoms with E-state index in [9.17, 15) is 4.79 Å². The maximum atomic E-state index is 11.8. The Hall–Kier alpha value is -0.570. The van der Waals surface area contributed by atoms with Crippen LogP contribution < -0.4 is 5.32 Å². The molecule has 0 unspecified atom stereocenters. The van der Waals surface area contributed by atoms with Crippen molar-refractivity contribution in [3.8, 4) is 0 Å². The molecule has 2 rings (SSSR count). The second-order valence-electron chi connectivity index (χ2n) is 7.13. The van der Waals surface area contributed by atoms with Crippen LogP contribution in [0.1, 0.15) is 47.5 Å². The van der Waals surface area contributed by atoms with E-state index in [1.54, 1.807) is 0 Å². The molecule has 1 saturated carbocycles. The number of likely N-dealkylation sites (tertiary alicyclic amines) is 1. The molecule has 0 radical (unpaired) electrons. The third kappa shape index (κ3) is 2.49. The Bertz CT molecular complexity index is 313. The van der Waals surface area contributed by atoms with Gasteiger partial charge in [-0.05, 0) is 33.6 Å². The highest BCUT2D eigenvalue weighted by molar-refractivity contribution is 5.78. The lowest BCUT2D eigenvalue weighted by Crippen LogP contribution is -2.45. The number of amides is 1. The third-order valence-electron chi connectivity index (χ3n) is 4.33. The van der Waals surface area contributed by atoms with Crippen LogP contribution >= 0.6 is 0 Å². The molecular formula is C14H26N2O. The molecule has 0 aromatic rings. The van der Waals surface area contributed by atoms with Gasteiger partial charge in [0, 0.05) is 36.0 Å². The summed E-state index contributed by atoms with van der Waals surface area (Å²) in [5, 5.41) is 3.25. The van der Waals surface area contributed by atoms with Crippen molar-refractivity contribution in [3.63, 3.8) is 0 Å². The van der Waals surface area contributed by atoms with E-state index in [4.69, 9.17) is 0 Å². The molecule has 17 heavy (non-hydrogen) atoms. The fourth-order valence-corrected chi connectivity index (χ4v) is 2.68. The second kappa shape index (κ2) is 3.98. The van der Waals surface area contributed by atoms with Crippen LogP contribution in [0.15, 0.2) is 0 Å². The van der Waals surface area contributed by atoms with Crippen LogP contribution in [0.4, 0.5) is 0 Å². The van der Waals surface area contributed by atoms with Gasteiger partial charge in [-0.3, -0.25) is 9.69 Å². The van der Waals surface area contributed by atoms with Gasteiger partial charge in [0.25, 0.3) is 0 Å². The van der Waals surface area contributed by atoms with Crippen LogP contribution in [0.5, 0.6) is 0 Å². The normalized spacial score (nSPS) is 27.8. The Morgan fingerprint density at radius 3 is 2.35 bits per heavy atom. The van der Waals surface area contributed by atoms with Gasteiger partial charge in [0.1, 0.15) is 0 Å². The quantitative estimate of drug-likeness (QED) is 0.798. The van der Waals surface area contributed by atoms with Gasteiger partial charge < -0.3 is 5.32 Å². The molecule has 1 spiro atoms. The van der Waals surface area contributed by atoms with Crippen molar-refractivity contribution < 1.29 is 4.79 Å². The van der Waals surface area contributed by atoms with E-state index in [1.165, 1.54) is 12.8 Å². The highest BCUT2D eigenvalue weighted by Gasteiger charge is 2.56. The van der Waals surface area contributed by atoms with Gasteiger partial charge in [-0.15, -0.1) is 0 Å². The van der Waals surface area contributed by atoms with Gasteiger partial charge in [-0.25, -0.2) is 0 Å². The molecule has 0 aromatic heterocycles. The van der Waals surface area contributed by atoms with Crippen LogP contribution in [0.2, 0.25) is 0 Å². The standard InChI is InChI=1S/C14H26N2O/c1-10(2)12(17)15-11-8-16(13(3,4)5)9-14(11)6-7-14/h10-11H,6-9H2,1-5H3,(H,15,17)/t11-/m0/s1. The summed E-state index contributed by atoms with van der Waals surface area (Å²) >= 11 is 0. The van der Waals surface area contributed by atoms with Gasteiger partial charge in [-0.2, -0.15) is 0 Å². The summed E-state index contributed by atoms with van der Waals surface area (Å²) in [7, 11) is 0. The molecule has 98 valence electrons. The first-order valence-electron chi connectivity index (χ1n) is 6.80. The maximum Gasteiger partial charge on any atom is 0.222 e. The first kappa shape index (κ1) is 12.9. The molecular weight excluding hydrogens is 212 g/mol. The zero-order chi connectivity index (χ0) is 12.8. The van der Waals surface area contributed by atoms with Crippen molar-refractivity contribution in [2.24, 2.45) is 11.3 Å². The Morgan fingerprint density at radius 1 is 1.35 bits per heavy atom. The predicted octanol–water partition coefficient (Wildman–Crippen LogP) is 2.02. The fourth-order valence-electron chi connectivity index (χ4n) is 2.68. The van der Waals surface area contributed by atoms with E-state index in [-0.39, 0.29) is 17.4 Å². The van der Waals surface area contributed by atoms with Gasteiger partial charge >= 0.3 is 0 Å². The number of carbonyl (C=O) groups excluding carboxylic acids is 1. The lowest BCUT2D eigenvalue weighted by molar-refractivity contribution is -0.125. The predicted molar refractivity (Wildman–Crippen MR) is 69.8 cm³/mol. The number of rotatable bonds is 2. The van der Waals surface area contributed by atoms with E-state index < -0.39 is 0 Å². The number of hydrogen-bond donors (Lipinski definition) is 1. The van der Waals surface area contributed by atoms with Crippen LogP contribution in [-0.2, 0) is 4.79 Å². The molecule has 1 atom stereocenters. The summed E-state index contributed by atoms with van der Waals surface area (Å²) in [4.78, 5) is 14.4. The molecule has 3 nitrogen and oxygen atoms in total. The SMILES string of the molecule is CC(C)C(=O)N[C@H]1CN(C(C)(C)C)CC12CC2. The van der Waals surface area contributed by atoms with E-state index in [0.717, 1.165) is 13.1 Å². The Balaban J connectivity index is 2.02. The number of nitrogens with one attached hydrogen (secondary N) is 1. The molecule has 2 fully saturated rings. The first-order valence-corrected chi connectivity index (χ1v) is 6.80. The summed E-state index contributed by atoms with van der Waals surface area (Å²) in [6, 6.07) is 0.372. The van der Waals surface area contributed by atoms with Crippen molar-refractivity contribution >= 4 is 5.91 Å². The highest BCUT2D eigenvalue weighted by Crippen LogP contribution is 2.53. The molecule has 0 bridgehead atoms. The third-order valence-corrected chi connectivity index (χ3v) is 4.33. The first-order chi connectivity index (χ1) is 7.74. The van der Waals surface area contributed by atoms with Crippen molar-refractivity contribution in [1.82, 2.24) is 10.2 Å². The molecule has 1 saturated heterocycles. The highest BCUT2D eigenvalue weighted by atomic mass is 16.1. The van der Waals surface area contributed by atoms with Gasteiger partial charge in [0.2, 0.25) is 5.91 Å². The molecule has 1 heterocycles. The Morgan fingerprint density at radius 2 is 1.94 bits per heavy atom. The number of carbonyl (C=O) groups is 1. The minimum Gasteiger partial charge on any atom is -0.351 e. The monoisotopic (exact) mass is 238 g/mol. The maximum absolute atomic E-state index is 11.8. The number of hydrogen-bond acceptors (Lipinski definition) is 2. The summed E-state index contributed by atoms with van der Waals surface area (Å²) in [5.41, 5.74) is 0.616. The van der Waals surface area contributed by atoms with E-state index in [1.807, 2.05) is 13.8 Å². The van der Waals surface area contributed by atoms with E-state index in [2.05, 4.69) is 31.0 Å².